The number of aryl methyl sites for hydroxylation is 1. The fourth-order valence-electron chi connectivity index (χ4n) is 3.10. The Bertz CT molecular complexity index is 827. The fraction of sp³-hybridized carbons (Fsp3) is 0.381. The van der Waals surface area contributed by atoms with Crippen molar-refractivity contribution in [2.45, 2.75) is 39.0 Å². The molecule has 1 aromatic carbocycles. The smallest absolute Gasteiger partial charge is 0.351 e. The van der Waals surface area contributed by atoms with E-state index in [1.165, 1.54) is 29.8 Å². The normalized spacial score (nSPS) is 13.7. The average molecular weight is 385 g/mol. The first-order valence-corrected chi connectivity index (χ1v) is 10.1. The minimum atomic E-state index is -0.510. The van der Waals surface area contributed by atoms with E-state index in [9.17, 15) is 9.59 Å². The van der Waals surface area contributed by atoms with Gasteiger partial charge in [-0.05, 0) is 39.0 Å². The number of nitrogens with zero attached hydrogens (tertiary/aromatic N) is 1. The quantitative estimate of drug-likeness (QED) is 0.571. The van der Waals surface area contributed by atoms with Crippen LogP contribution in [0.25, 0.3) is 11.3 Å². The van der Waals surface area contributed by atoms with Crippen molar-refractivity contribution in [2.24, 2.45) is 0 Å². The molecule has 0 fully saturated rings. The number of benzene rings is 1. The summed E-state index contributed by atoms with van der Waals surface area (Å²) in [5.74, 6) is -0.785. The zero-order valence-corrected chi connectivity index (χ0v) is 16.3. The van der Waals surface area contributed by atoms with E-state index in [1.807, 2.05) is 37.3 Å². The van der Waals surface area contributed by atoms with E-state index in [0.29, 0.717) is 17.1 Å². The lowest BCUT2D eigenvalue weighted by Gasteiger charge is -2.13. The van der Waals surface area contributed by atoms with Crippen LogP contribution in [0.4, 0.5) is 0 Å². The predicted molar refractivity (Wildman–Crippen MR) is 107 cm³/mol. The number of esters is 1. The van der Waals surface area contributed by atoms with Gasteiger partial charge in [0.2, 0.25) is 0 Å². The van der Waals surface area contributed by atoms with Gasteiger partial charge in [-0.2, -0.15) is 0 Å². The van der Waals surface area contributed by atoms with Gasteiger partial charge < -0.3 is 10.1 Å². The first-order chi connectivity index (χ1) is 13.1. The molecule has 6 heteroatoms. The molecule has 1 aliphatic carbocycles. The van der Waals surface area contributed by atoms with E-state index in [4.69, 9.17) is 4.74 Å². The van der Waals surface area contributed by atoms with Crippen LogP contribution in [0.1, 0.15) is 46.8 Å². The second-order valence-electron chi connectivity index (χ2n) is 6.56. The summed E-state index contributed by atoms with van der Waals surface area (Å²) in [5.41, 5.74) is 2.87. The molecule has 3 rings (SSSR count). The van der Waals surface area contributed by atoms with Crippen LogP contribution < -0.4 is 5.32 Å². The lowest BCUT2D eigenvalue weighted by molar-refractivity contribution is -0.124. The van der Waals surface area contributed by atoms with E-state index in [1.54, 1.807) is 0 Å². The van der Waals surface area contributed by atoms with Gasteiger partial charge in [0.05, 0.1) is 10.7 Å². The molecule has 1 N–H and O–H groups in total. The summed E-state index contributed by atoms with van der Waals surface area (Å²) in [6, 6.07) is 9.51. The average Bonchev–Trinajstić information content (AvgIpc) is 3.09. The Morgan fingerprint density at radius 3 is 2.78 bits per heavy atom. The number of hydrogen-bond donors (Lipinski definition) is 1. The van der Waals surface area contributed by atoms with Crippen LogP contribution in [0, 0.1) is 6.92 Å². The number of rotatable bonds is 7. The predicted octanol–water partition coefficient (Wildman–Crippen LogP) is 4.28. The van der Waals surface area contributed by atoms with Crippen molar-refractivity contribution >= 4 is 23.2 Å². The number of amides is 1. The van der Waals surface area contributed by atoms with Gasteiger partial charge in [-0.25, -0.2) is 9.78 Å². The molecule has 0 saturated heterocycles. The van der Waals surface area contributed by atoms with Crippen molar-refractivity contribution in [2.75, 3.05) is 13.2 Å². The topological polar surface area (TPSA) is 68.3 Å². The zero-order chi connectivity index (χ0) is 19.1. The minimum Gasteiger partial charge on any atom is -0.451 e. The standard InChI is InChI=1S/C21H24N2O3S/c1-15-23-19(17-10-6-3-7-11-17)20(27-15)21(25)26-14-18(24)22-13-12-16-8-4-2-5-9-16/h3,6-8,10-11H,2,4-5,9,12-14H2,1H3,(H,22,24). The van der Waals surface area contributed by atoms with Gasteiger partial charge in [0.1, 0.15) is 4.88 Å². The second kappa shape index (κ2) is 9.46. The Labute approximate surface area is 163 Å². The molecule has 2 aromatic rings. The van der Waals surface area contributed by atoms with Gasteiger partial charge in [-0.15, -0.1) is 11.3 Å². The molecule has 142 valence electrons. The van der Waals surface area contributed by atoms with Crippen molar-refractivity contribution in [3.8, 4) is 11.3 Å². The first-order valence-electron chi connectivity index (χ1n) is 9.28. The van der Waals surface area contributed by atoms with E-state index in [-0.39, 0.29) is 12.5 Å². The zero-order valence-electron chi connectivity index (χ0n) is 15.5. The highest BCUT2D eigenvalue weighted by Crippen LogP contribution is 2.28. The van der Waals surface area contributed by atoms with Gasteiger partial charge in [0.25, 0.3) is 5.91 Å². The van der Waals surface area contributed by atoms with Crippen LogP contribution in [0.3, 0.4) is 0 Å². The van der Waals surface area contributed by atoms with E-state index < -0.39 is 5.97 Å². The minimum absolute atomic E-state index is 0.275. The number of aromatic nitrogens is 1. The number of carbonyl (C=O) groups is 2. The van der Waals surface area contributed by atoms with Crippen LogP contribution in [-0.4, -0.2) is 30.0 Å². The number of thiazole rings is 1. The number of hydrogen-bond acceptors (Lipinski definition) is 5. The van der Waals surface area contributed by atoms with Crippen molar-refractivity contribution in [3.05, 3.63) is 51.9 Å². The maximum absolute atomic E-state index is 12.4. The van der Waals surface area contributed by atoms with Gasteiger partial charge in [-0.1, -0.05) is 42.0 Å². The van der Waals surface area contributed by atoms with E-state index >= 15 is 0 Å². The molecule has 0 aliphatic heterocycles. The molecule has 5 nitrogen and oxygen atoms in total. The molecule has 0 atom stereocenters. The maximum atomic E-state index is 12.4. The van der Waals surface area contributed by atoms with Gasteiger partial charge in [0.15, 0.2) is 6.61 Å². The Morgan fingerprint density at radius 1 is 1.22 bits per heavy atom. The van der Waals surface area contributed by atoms with Gasteiger partial charge in [-0.3, -0.25) is 4.79 Å². The first kappa shape index (κ1) is 19.3. The third-order valence-electron chi connectivity index (χ3n) is 4.45. The van der Waals surface area contributed by atoms with Crippen molar-refractivity contribution < 1.29 is 14.3 Å². The molecule has 0 bridgehead atoms. The largest absolute Gasteiger partial charge is 0.451 e. The molecule has 1 amide bonds. The summed E-state index contributed by atoms with van der Waals surface area (Å²) in [4.78, 5) is 29.3. The Kier molecular flexibility index (Phi) is 6.76. The molecular weight excluding hydrogens is 360 g/mol. The van der Waals surface area contributed by atoms with Crippen LogP contribution in [0.5, 0.6) is 0 Å². The number of allylic oxidation sites excluding steroid dienone is 1. The summed E-state index contributed by atoms with van der Waals surface area (Å²) >= 11 is 1.28. The number of carbonyl (C=O) groups excluding carboxylic acids is 2. The lowest BCUT2D eigenvalue weighted by Crippen LogP contribution is -2.29. The third kappa shape index (κ3) is 5.50. The van der Waals surface area contributed by atoms with Crippen LogP contribution in [-0.2, 0) is 9.53 Å². The highest BCUT2D eigenvalue weighted by atomic mass is 32.1. The molecule has 0 spiro atoms. The Hall–Kier alpha value is -2.47. The SMILES string of the molecule is Cc1nc(-c2ccccc2)c(C(=O)OCC(=O)NCCC2=CCCCC2)s1. The van der Waals surface area contributed by atoms with Crippen molar-refractivity contribution in [3.63, 3.8) is 0 Å². The monoisotopic (exact) mass is 384 g/mol. The van der Waals surface area contributed by atoms with Crippen LogP contribution in [0.2, 0.25) is 0 Å². The Balaban J connectivity index is 1.50. The van der Waals surface area contributed by atoms with E-state index in [0.717, 1.165) is 29.8 Å². The maximum Gasteiger partial charge on any atom is 0.351 e. The van der Waals surface area contributed by atoms with Crippen molar-refractivity contribution in [1.29, 1.82) is 0 Å². The molecule has 1 heterocycles. The summed E-state index contributed by atoms with van der Waals surface area (Å²) in [5, 5.41) is 3.60. The molecule has 0 saturated carbocycles. The molecular formula is C21H24N2O3S. The summed E-state index contributed by atoms with van der Waals surface area (Å²) in [6.45, 7) is 2.15. The number of nitrogens with one attached hydrogen (secondary N) is 1. The van der Waals surface area contributed by atoms with Crippen molar-refractivity contribution in [1.82, 2.24) is 10.3 Å². The van der Waals surface area contributed by atoms with Gasteiger partial charge in [0, 0.05) is 12.1 Å². The van der Waals surface area contributed by atoms with Gasteiger partial charge >= 0.3 is 5.97 Å². The summed E-state index contributed by atoms with van der Waals surface area (Å²) < 4.78 is 5.21. The highest BCUT2D eigenvalue weighted by Gasteiger charge is 2.20. The molecule has 27 heavy (non-hydrogen) atoms. The van der Waals surface area contributed by atoms with Crippen LogP contribution in [0.15, 0.2) is 42.0 Å². The number of ether oxygens (including phenoxy) is 1. The van der Waals surface area contributed by atoms with E-state index in [2.05, 4.69) is 16.4 Å². The second-order valence-corrected chi connectivity index (χ2v) is 7.76. The third-order valence-corrected chi connectivity index (χ3v) is 5.41. The molecule has 0 unspecified atom stereocenters. The lowest BCUT2D eigenvalue weighted by atomic mass is 9.97. The van der Waals surface area contributed by atoms with Crippen LogP contribution >= 0.6 is 11.3 Å². The molecule has 1 aliphatic rings. The Morgan fingerprint density at radius 2 is 2.04 bits per heavy atom. The summed E-state index contributed by atoms with van der Waals surface area (Å²) in [7, 11) is 0. The molecule has 0 radical (unpaired) electrons. The summed E-state index contributed by atoms with van der Waals surface area (Å²) in [6.07, 6.45) is 7.89. The molecule has 1 aromatic heterocycles. The fourth-order valence-corrected chi connectivity index (χ4v) is 3.93. The highest BCUT2D eigenvalue weighted by molar-refractivity contribution is 7.14.